The molecule has 2 unspecified atom stereocenters. The third-order valence-electron chi connectivity index (χ3n) is 2.45. The molecule has 0 aliphatic heterocycles. The van der Waals surface area contributed by atoms with E-state index in [1.165, 1.54) is 7.11 Å². The first kappa shape index (κ1) is 13.0. The Hall–Kier alpha value is -1.06. The van der Waals surface area contributed by atoms with Crippen LogP contribution in [0, 0.1) is 5.92 Å². The summed E-state index contributed by atoms with van der Waals surface area (Å²) in [5.74, 6) is -0.731. The highest BCUT2D eigenvalue weighted by molar-refractivity contribution is 6.17. The van der Waals surface area contributed by atoms with Crippen LogP contribution in [0.15, 0.2) is 30.3 Å². The van der Waals surface area contributed by atoms with Crippen LogP contribution in [0.25, 0.3) is 0 Å². The van der Waals surface area contributed by atoms with Gasteiger partial charge in [0.15, 0.2) is 0 Å². The first-order valence-corrected chi connectivity index (χ1v) is 5.61. The monoisotopic (exact) mass is 242 g/mol. The number of rotatable bonds is 5. The quantitative estimate of drug-likeness (QED) is 0.636. The van der Waals surface area contributed by atoms with Crippen molar-refractivity contribution in [2.45, 2.75) is 12.5 Å². The second kappa shape index (κ2) is 6.51. The fourth-order valence-electron chi connectivity index (χ4n) is 1.56. The summed E-state index contributed by atoms with van der Waals surface area (Å²) in [5.41, 5.74) is 0.697. The lowest BCUT2D eigenvalue weighted by atomic mass is 9.93. The lowest BCUT2D eigenvalue weighted by molar-refractivity contribution is -0.149. The SMILES string of the molecule is COC(=O)C(CCCl)C(O)c1ccccc1. The van der Waals surface area contributed by atoms with Crippen LogP contribution in [-0.4, -0.2) is 24.1 Å². The van der Waals surface area contributed by atoms with Crippen molar-refractivity contribution >= 4 is 17.6 Å². The van der Waals surface area contributed by atoms with E-state index in [1.54, 1.807) is 12.1 Å². The van der Waals surface area contributed by atoms with Crippen molar-refractivity contribution < 1.29 is 14.6 Å². The van der Waals surface area contributed by atoms with Crippen molar-refractivity contribution in [2.75, 3.05) is 13.0 Å². The van der Waals surface area contributed by atoms with Gasteiger partial charge in [-0.15, -0.1) is 11.6 Å². The summed E-state index contributed by atoms with van der Waals surface area (Å²) in [5, 5.41) is 10.1. The zero-order valence-electron chi connectivity index (χ0n) is 9.10. The van der Waals surface area contributed by atoms with Gasteiger partial charge in [-0.25, -0.2) is 0 Å². The number of carbonyl (C=O) groups is 1. The van der Waals surface area contributed by atoms with Gasteiger partial charge >= 0.3 is 5.97 Å². The number of hydrogen-bond donors (Lipinski definition) is 1. The number of aliphatic hydroxyl groups excluding tert-OH is 1. The third kappa shape index (κ3) is 3.22. The molecule has 0 amide bonds. The minimum absolute atomic E-state index is 0.309. The van der Waals surface area contributed by atoms with Crippen LogP contribution in [0.4, 0.5) is 0 Å². The van der Waals surface area contributed by atoms with Crippen LogP contribution in [0.2, 0.25) is 0 Å². The molecule has 0 saturated heterocycles. The largest absolute Gasteiger partial charge is 0.469 e. The Labute approximate surface area is 100.0 Å². The van der Waals surface area contributed by atoms with E-state index in [0.29, 0.717) is 17.9 Å². The molecular formula is C12H15ClO3. The number of aliphatic hydroxyl groups is 1. The molecule has 0 spiro atoms. The van der Waals surface area contributed by atoms with Crippen LogP contribution in [0.5, 0.6) is 0 Å². The van der Waals surface area contributed by atoms with Gasteiger partial charge in [-0.3, -0.25) is 4.79 Å². The van der Waals surface area contributed by atoms with Gasteiger partial charge in [0.05, 0.1) is 19.1 Å². The summed E-state index contributed by atoms with van der Waals surface area (Å²) >= 11 is 5.61. The Bertz CT molecular complexity index is 326. The Morgan fingerprint density at radius 1 is 1.44 bits per heavy atom. The summed E-state index contributed by atoms with van der Waals surface area (Å²) in [7, 11) is 1.31. The Morgan fingerprint density at radius 2 is 2.06 bits per heavy atom. The maximum absolute atomic E-state index is 11.5. The molecule has 4 heteroatoms. The van der Waals surface area contributed by atoms with Gasteiger partial charge in [-0.2, -0.15) is 0 Å². The first-order chi connectivity index (χ1) is 7.70. The van der Waals surface area contributed by atoms with Crippen molar-refractivity contribution in [3.05, 3.63) is 35.9 Å². The predicted molar refractivity (Wildman–Crippen MR) is 62.2 cm³/mol. The number of hydrogen-bond acceptors (Lipinski definition) is 3. The van der Waals surface area contributed by atoms with Crippen molar-refractivity contribution in [3.8, 4) is 0 Å². The molecule has 0 aliphatic carbocycles. The molecule has 88 valence electrons. The van der Waals surface area contributed by atoms with Gasteiger partial charge in [-0.05, 0) is 12.0 Å². The van der Waals surface area contributed by atoms with E-state index < -0.39 is 18.0 Å². The normalized spacial score (nSPS) is 14.2. The number of halogens is 1. The zero-order chi connectivity index (χ0) is 12.0. The van der Waals surface area contributed by atoms with Crippen molar-refractivity contribution in [3.63, 3.8) is 0 Å². The molecule has 0 heterocycles. The lowest BCUT2D eigenvalue weighted by Crippen LogP contribution is -2.24. The fraction of sp³-hybridized carbons (Fsp3) is 0.417. The number of esters is 1. The van der Waals surface area contributed by atoms with E-state index in [9.17, 15) is 9.90 Å². The van der Waals surface area contributed by atoms with Gasteiger partial charge in [-0.1, -0.05) is 30.3 Å². The third-order valence-corrected chi connectivity index (χ3v) is 2.66. The molecule has 1 rings (SSSR count). The fourth-order valence-corrected chi connectivity index (χ4v) is 1.79. The maximum atomic E-state index is 11.5. The molecule has 0 fully saturated rings. The van der Waals surface area contributed by atoms with Crippen molar-refractivity contribution in [2.24, 2.45) is 5.92 Å². The highest BCUT2D eigenvalue weighted by Gasteiger charge is 2.28. The lowest BCUT2D eigenvalue weighted by Gasteiger charge is -2.20. The number of ether oxygens (including phenoxy) is 1. The van der Waals surface area contributed by atoms with Crippen LogP contribution in [-0.2, 0) is 9.53 Å². The van der Waals surface area contributed by atoms with Crippen molar-refractivity contribution in [1.82, 2.24) is 0 Å². The molecule has 2 atom stereocenters. The van der Waals surface area contributed by atoms with Crippen LogP contribution in [0.3, 0.4) is 0 Å². The Morgan fingerprint density at radius 3 is 2.56 bits per heavy atom. The molecule has 3 nitrogen and oxygen atoms in total. The molecule has 1 aromatic carbocycles. The molecule has 1 aromatic rings. The number of carbonyl (C=O) groups excluding carboxylic acids is 1. The summed E-state index contributed by atoms with van der Waals surface area (Å²) in [6.45, 7) is 0. The maximum Gasteiger partial charge on any atom is 0.311 e. The molecule has 0 aliphatic rings. The Balaban J connectivity index is 2.82. The van der Waals surface area contributed by atoms with Crippen LogP contribution >= 0.6 is 11.6 Å². The minimum atomic E-state index is -0.868. The highest BCUT2D eigenvalue weighted by Crippen LogP contribution is 2.25. The molecular weight excluding hydrogens is 228 g/mol. The highest BCUT2D eigenvalue weighted by atomic mass is 35.5. The number of alkyl halides is 1. The first-order valence-electron chi connectivity index (χ1n) is 5.07. The molecule has 0 saturated carbocycles. The topological polar surface area (TPSA) is 46.5 Å². The van der Waals surface area contributed by atoms with E-state index in [4.69, 9.17) is 11.6 Å². The summed E-state index contributed by atoms with van der Waals surface area (Å²) in [4.78, 5) is 11.5. The van der Waals surface area contributed by atoms with Gasteiger partial charge in [0.25, 0.3) is 0 Å². The summed E-state index contributed by atoms with van der Waals surface area (Å²) in [6, 6.07) is 9.02. The van der Waals surface area contributed by atoms with Crippen LogP contribution < -0.4 is 0 Å². The van der Waals surface area contributed by atoms with E-state index in [1.807, 2.05) is 18.2 Å². The Kier molecular flexibility index (Phi) is 5.29. The standard InChI is InChI=1S/C12H15ClO3/c1-16-12(15)10(7-8-13)11(14)9-5-3-2-4-6-9/h2-6,10-11,14H,7-8H2,1H3. The molecule has 1 N–H and O–H groups in total. The average molecular weight is 243 g/mol. The van der Waals surface area contributed by atoms with Gasteiger partial charge in [0.1, 0.15) is 0 Å². The smallest absolute Gasteiger partial charge is 0.311 e. The van der Waals surface area contributed by atoms with E-state index in [0.717, 1.165) is 0 Å². The molecule has 0 aromatic heterocycles. The molecule has 0 bridgehead atoms. The second-order valence-corrected chi connectivity index (χ2v) is 3.84. The number of benzene rings is 1. The number of methoxy groups -OCH3 is 1. The van der Waals surface area contributed by atoms with Crippen molar-refractivity contribution in [1.29, 1.82) is 0 Å². The average Bonchev–Trinajstić information content (AvgIpc) is 2.35. The second-order valence-electron chi connectivity index (χ2n) is 3.46. The molecule has 0 radical (unpaired) electrons. The van der Waals surface area contributed by atoms with Gasteiger partial charge in [0.2, 0.25) is 0 Å². The predicted octanol–water partition coefficient (Wildman–Crippen LogP) is 2.14. The van der Waals surface area contributed by atoms with E-state index in [-0.39, 0.29) is 0 Å². The minimum Gasteiger partial charge on any atom is -0.469 e. The van der Waals surface area contributed by atoms with Gasteiger partial charge in [0, 0.05) is 5.88 Å². The van der Waals surface area contributed by atoms with Crippen LogP contribution in [0.1, 0.15) is 18.1 Å². The molecule has 16 heavy (non-hydrogen) atoms. The summed E-state index contributed by atoms with van der Waals surface area (Å²) < 4.78 is 4.65. The van der Waals surface area contributed by atoms with Gasteiger partial charge < -0.3 is 9.84 Å². The summed E-state index contributed by atoms with van der Waals surface area (Å²) in [6.07, 6.45) is -0.475. The van der Waals surface area contributed by atoms with E-state index >= 15 is 0 Å². The zero-order valence-corrected chi connectivity index (χ0v) is 9.85. The van der Waals surface area contributed by atoms with E-state index in [2.05, 4.69) is 4.74 Å².